The molecular formula is C21H24N2O4S. The second-order valence-corrected chi connectivity index (χ2v) is 9.08. The Morgan fingerprint density at radius 2 is 1.57 bits per heavy atom. The monoisotopic (exact) mass is 400 g/mol. The molecule has 1 fully saturated rings. The lowest BCUT2D eigenvalue weighted by atomic mass is 10.1. The molecule has 6 nitrogen and oxygen atoms in total. The van der Waals surface area contributed by atoms with Crippen LogP contribution in [0.4, 0.5) is 5.69 Å². The molecule has 0 saturated carbocycles. The van der Waals surface area contributed by atoms with Crippen molar-refractivity contribution in [2.75, 3.05) is 0 Å². The molecule has 0 bridgehead atoms. The Balaban J connectivity index is 2.08. The van der Waals surface area contributed by atoms with E-state index in [4.69, 9.17) is 4.74 Å². The number of benzene rings is 2. The van der Waals surface area contributed by atoms with Crippen LogP contribution in [0.5, 0.6) is 5.75 Å². The molecule has 0 N–H and O–H groups in total. The van der Waals surface area contributed by atoms with Crippen molar-refractivity contribution in [1.29, 1.82) is 0 Å². The molecule has 1 atom stereocenters. The van der Waals surface area contributed by atoms with E-state index in [0.717, 1.165) is 4.31 Å². The standard InChI is InChI=1S/C21H24N2O4S/c1-14(2)23-21(24)19(20(28(23,25)26)16-8-6-5-7-9-16)22-17-10-12-18(13-11-17)27-15(3)4/h5-15,20H,1-4H3. The zero-order valence-corrected chi connectivity index (χ0v) is 17.2. The van der Waals surface area contributed by atoms with Crippen LogP contribution in [-0.4, -0.2) is 36.5 Å². The maximum absolute atomic E-state index is 13.1. The van der Waals surface area contributed by atoms with Gasteiger partial charge in [-0.15, -0.1) is 0 Å². The van der Waals surface area contributed by atoms with E-state index in [1.807, 2.05) is 13.8 Å². The third-order valence-electron chi connectivity index (χ3n) is 4.27. The molecule has 1 aliphatic rings. The van der Waals surface area contributed by atoms with Crippen LogP contribution < -0.4 is 4.74 Å². The SMILES string of the molecule is CC(C)Oc1ccc(N=C2C(=O)N(C(C)C)S(=O)(=O)C2c2ccccc2)cc1. The molecule has 1 saturated heterocycles. The molecule has 1 heterocycles. The first-order valence-electron chi connectivity index (χ1n) is 9.19. The molecule has 0 aromatic heterocycles. The Bertz CT molecular complexity index is 981. The van der Waals surface area contributed by atoms with E-state index in [2.05, 4.69) is 4.99 Å². The van der Waals surface area contributed by atoms with Crippen LogP contribution in [0.15, 0.2) is 59.6 Å². The summed E-state index contributed by atoms with van der Waals surface area (Å²) in [5.74, 6) is 0.110. The topological polar surface area (TPSA) is 76.0 Å². The maximum Gasteiger partial charge on any atom is 0.283 e. The molecule has 2 aromatic rings. The third-order valence-corrected chi connectivity index (χ3v) is 6.50. The van der Waals surface area contributed by atoms with Gasteiger partial charge in [0.25, 0.3) is 15.9 Å². The summed E-state index contributed by atoms with van der Waals surface area (Å²) in [5, 5.41) is -1.12. The van der Waals surface area contributed by atoms with Gasteiger partial charge < -0.3 is 4.74 Å². The minimum Gasteiger partial charge on any atom is -0.491 e. The van der Waals surface area contributed by atoms with Crippen LogP contribution in [0.25, 0.3) is 0 Å². The highest BCUT2D eigenvalue weighted by molar-refractivity contribution is 7.91. The molecule has 1 amide bonds. The van der Waals surface area contributed by atoms with E-state index in [0.29, 0.717) is 17.0 Å². The van der Waals surface area contributed by atoms with E-state index in [1.165, 1.54) is 0 Å². The summed E-state index contributed by atoms with van der Waals surface area (Å²) in [4.78, 5) is 17.4. The zero-order chi connectivity index (χ0) is 20.5. The van der Waals surface area contributed by atoms with Crippen LogP contribution in [0.2, 0.25) is 0 Å². The molecule has 3 rings (SSSR count). The van der Waals surface area contributed by atoms with Gasteiger partial charge in [0.05, 0.1) is 11.8 Å². The van der Waals surface area contributed by atoms with Gasteiger partial charge in [0.1, 0.15) is 11.5 Å². The molecule has 2 aromatic carbocycles. The minimum absolute atomic E-state index is 0.0115. The van der Waals surface area contributed by atoms with E-state index in [9.17, 15) is 13.2 Å². The molecule has 1 aliphatic heterocycles. The normalized spacial score (nSPS) is 20.4. The highest BCUT2D eigenvalue weighted by Gasteiger charge is 2.51. The van der Waals surface area contributed by atoms with Crippen LogP contribution in [0.3, 0.4) is 0 Å². The molecule has 1 unspecified atom stereocenters. The summed E-state index contributed by atoms with van der Waals surface area (Å²) < 4.78 is 32.8. The van der Waals surface area contributed by atoms with Crippen LogP contribution in [0, 0.1) is 0 Å². The number of aliphatic imine (C=N–C) groups is 1. The molecule has 28 heavy (non-hydrogen) atoms. The van der Waals surface area contributed by atoms with E-state index in [-0.39, 0.29) is 11.8 Å². The van der Waals surface area contributed by atoms with Crippen LogP contribution >= 0.6 is 0 Å². The quantitative estimate of drug-likeness (QED) is 0.763. The molecular weight excluding hydrogens is 376 g/mol. The lowest BCUT2D eigenvalue weighted by Crippen LogP contribution is -2.36. The number of carbonyl (C=O) groups excluding carboxylic acids is 1. The lowest BCUT2D eigenvalue weighted by Gasteiger charge is -2.19. The van der Waals surface area contributed by atoms with Gasteiger partial charge in [-0.3, -0.25) is 4.79 Å². The van der Waals surface area contributed by atoms with Crippen molar-refractivity contribution in [2.24, 2.45) is 4.99 Å². The van der Waals surface area contributed by atoms with Crippen LogP contribution in [-0.2, 0) is 14.8 Å². The summed E-state index contributed by atoms with van der Waals surface area (Å²) >= 11 is 0. The van der Waals surface area contributed by atoms with Crippen LogP contribution in [0.1, 0.15) is 38.5 Å². The predicted octanol–water partition coefficient (Wildman–Crippen LogP) is 3.87. The Morgan fingerprint density at radius 3 is 2.11 bits per heavy atom. The van der Waals surface area contributed by atoms with Crippen molar-refractivity contribution in [3.63, 3.8) is 0 Å². The fourth-order valence-electron chi connectivity index (χ4n) is 3.20. The number of carbonyl (C=O) groups is 1. The smallest absolute Gasteiger partial charge is 0.283 e. The average molecular weight is 401 g/mol. The number of hydrogen-bond donors (Lipinski definition) is 0. The number of sulfonamides is 1. The first-order valence-corrected chi connectivity index (χ1v) is 10.7. The fourth-order valence-corrected chi connectivity index (χ4v) is 5.27. The third kappa shape index (κ3) is 3.80. The predicted molar refractivity (Wildman–Crippen MR) is 109 cm³/mol. The van der Waals surface area contributed by atoms with Gasteiger partial charge in [0.2, 0.25) is 0 Å². The molecule has 0 radical (unpaired) electrons. The van der Waals surface area contributed by atoms with E-state index in [1.54, 1.807) is 68.4 Å². The van der Waals surface area contributed by atoms with Gasteiger partial charge in [-0.2, -0.15) is 0 Å². The summed E-state index contributed by atoms with van der Waals surface area (Å²) in [6, 6.07) is 15.2. The largest absolute Gasteiger partial charge is 0.491 e. The summed E-state index contributed by atoms with van der Waals surface area (Å²) in [6.45, 7) is 7.22. The number of rotatable bonds is 5. The van der Waals surface area contributed by atoms with Crippen molar-refractivity contribution >= 4 is 27.3 Å². The second kappa shape index (κ2) is 7.75. The number of amides is 1. The molecule has 7 heteroatoms. The number of nitrogens with zero attached hydrogens (tertiary/aromatic N) is 2. The van der Waals surface area contributed by atoms with Gasteiger partial charge in [-0.25, -0.2) is 17.7 Å². The van der Waals surface area contributed by atoms with Gasteiger partial charge in [-0.1, -0.05) is 30.3 Å². The van der Waals surface area contributed by atoms with Crippen molar-refractivity contribution in [1.82, 2.24) is 4.31 Å². The van der Waals surface area contributed by atoms with Gasteiger partial charge in [0.15, 0.2) is 5.25 Å². The van der Waals surface area contributed by atoms with Crippen molar-refractivity contribution in [3.05, 3.63) is 60.2 Å². The van der Waals surface area contributed by atoms with E-state index < -0.39 is 27.2 Å². The lowest BCUT2D eigenvalue weighted by molar-refractivity contribution is -0.120. The first-order chi connectivity index (χ1) is 13.2. The molecule has 0 spiro atoms. The molecule has 148 valence electrons. The van der Waals surface area contributed by atoms with E-state index >= 15 is 0 Å². The summed E-state index contributed by atoms with van der Waals surface area (Å²) in [7, 11) is -3.89. The van der Waals surface area contributed by atoms with Crippen molar-refractivity contribution < 1.29 is 17.9 Å². The van der Waals surface area contributed by atoms with Gasteiger partial charge in [0, 0.05) is 6.04 Å². The Labute approximate surface area is 165 Å². The maximum atomic E-state index is 13.1. The van der Waals surface area contributed by atoms with Gasteiger partial charge >= 0.3 is 0 Å². The molecule has 0 aliphatic carbocycles. The summed E-state index contributed by atoms with van der Waals surface area (Å²) in [5.41, 5.74) is 1.04. The number of hydrogen-bond acceptors (Lipinski definition) is 5. The zero-order valence-electron chi connectivity index (χ0n) is 16.4. The Kier molecular flexibility index (Phi) is 5.56. The minimum atomic E-state index is -3.89. The Hall–Kier alpha value is -2.67. The Morgan fingerprint density at radius 1 is 0.964 bits per heavy atom. The highest BCUT2D eigenvalue weighted by Crippen LogP contribution is 2.37. The first kappa shape index (κ1) is 20.1. The highest BCUT2D eigenvalue weighted by atomic mass is 32.2. The average Bonchev–Trinajstić information content (AvgIpc) is 2.82. The number of ether oxygens (including phenoxy) is 1. The van der Waals surface area contributed by atoms with Crippen molar-refractivity contribution in [3.8, 4) is 5.75 Å². The van der Waals surface area contributed by atoms with Gasteiger partial charge in [-0.05, 0) is 57.5 Å². The van der Waals surface area contributed by atoms with Crippen molar-refractivity contribution in [2.45, 2.75) is 45.1 Å². The summed E-state index contributed by atoms with van der Waals surface area (Å²) in [6.07, 6.45) is 0.0424. The second-order valence-electron chi connectivity index (χ2n) is 7.19. The fraction of sp³-hybridized carbons (Fsp3) is 0.333.